The van der Waals surface area contributed by atoms with Gasteiger partial charge in [-0.25, -0.2) is 0 Å². The summed E-state index contributed by atoms with van der Waals surface area (Å²) in [6.07, 6.45) is 5.93. The molecule has 3 nitrogen and oxygen atoms in total. The van der Waals surface area contributed by atoms with E-state index in [1.807, 2.05) is 12.1 Å². The molecule has 0 aliphatic heterocycles. The second-order valence-corrected chi connectivity index (χ2v) is 7.38. The number of fused-ring (bicyclic) bond motifs is 1. The SMILES string of the molecule is O=C(/C=C/c1ccco1)NCC1CC2c3ccccc3C1c1ccccc12. The van der Waals surface area contributed by atoms with Gasteiger partial charge in [0, 0.05) is 24.5 Å². The van der Waals surface area contributed by atoms with Gasteiger partial charge in [-0.1, -0.05) is 48.5 Å². The number of carbonyl (C=O) groups is 1. The first-order valence-corrected chi connectivity index (χ1v) is 9.48. The van der Waals surface area contributed by atoms with Crippen LogP contribution in [0, 0.1) is 5.92 Å². The minimum atomic E-state index is -0.0746. The van der Waals surface area contributed by atoms with Gasteiger partial charge in [0.2, 0.25) is 5.91 Å². The van der Waals surface area contributed by atoms with E-state index in [1.54, 1.807) is 18.4 Å². The van der Waals surface area contributed by atoms with Crippen molar-refractivity contribution in [3.63, 3.8) is 0 Å². The number of rotatable bonds is 4. The van der Waals surface area contributed by atoms with Crippen molar-refractivity contribution in [2.45, 2.75) is 18.3 Å². The summed E-state index contributed by atoms with van der Waals surface area (Å²) < 4.78 is 5.23. The van der Waals surface area contributed by atoms with Crippen LogP contribution in [0.2, 0.25) is 0 Å². The van der Waals surface area contributed by atoms with Crippen molar-refractivity contribution in [1.29, 1.82) is 0 Å². The van der Waals surface area contributed by atoms with Crippen LogP contribution in [-0.4, -0.2) is 12.5 Å². The molecular formula is C24H21NO2. The molecule has 1 heterocycles. The highest BCUT2D eigenvalue weighted by molar-refractivity contribution is 5.91. The average molecular weight is 355 g/mol. The van der Waals surface area contributed by atoms with Gasteiger partial charge in [-0.05, 0) is 52.8 Å². The Hall–Kier alpha value is -3.07. The van der Waals surface area contributed by atoms with Gasteiger partial charge in [0.15, 0.2) is 0 Å². The summed E-state index contributed by atoms with van der Waals surface area (Å²) in [4.78, 5) is 12.2. The van der Waals surface area contributed by atoms with Crippen LogP contribution in [0.1, 0.15) is 46.3 Å². The highest BCUT2D eigenvalue weighted by atomic mass is 16.3. The maximum absolute atomic E-state index is 12.2. The van der Waals surface area contributed by atoms with Crippen molar-refractivity contribution >= 4 is 12.0 Å². The number of benzene rings is 2. The lowest BCUT2D eigenvalue weighted by atomic mass is 9.59. The molecule has 0 spiro atoms. The molecule has 2 bridgehead atoms. The zero-order chi connectivity index (χ0) is 18.2. The smallest absolute Gasteiger partial charge is 0.244 e. The van der Waals surface area contributed by atoms with Crippen LogP contribution in [-0.2, 0) is 4.79 Å². The molecule has 0 saturated carbocycles. The minimum Gasteiger partial charge on any atom is -0.465 e. The van der Waals surface area contributed by atoms with Gasteiger partial charge in [-0.2, -0.15) is 0 Å². The number of carbonyl (C=O) groups excluding carboxylic acids is 1. The Bertz CT molecular complexity index is 955. The van der Waals surface area contributed by atoms with E-state index < -0.39 is 0 Å². The first-order valence-electron chi connectivity index (χ1n) is 9.48. The zero-order valence-electron chi connectivity index (χ0n) is 15.0. The fourth-order valence-corrected chi connectivity index (χ4v) is 4.79. The molecule has 1 unspecified atom stereocenters. The minimum absolute atomic E-state index is 0.0746. The molecule has 3 aliphatic rings. The van der Waals surface area contributed by atoms with Gasteiger partial charge in [0.25, 0.3) is 0 Å². The Kier molecular flexibility index (Phi) is 3.93. The molecule has 2 aromatic carbocycles. The van der Waals surface area contributed by atoms with E-state index in [4.69, 9.17) is 4.42 Å². The van der Waals surface area contributed by atoms with Crippen LogP contribution < -0.4 is 5.32 Å². The standard InChI is InChI=1S/C24H21NO2/c26-23(12-11-17-6-5-13-27-17)25-15-16-14-22-18-7-1-3-9-20(18)24(16)21-10-4-2-8-19(21)22/h1-13,16,22,24H,14-15H2,(H,25,26)/b12-11+. The third kappa shape index (κ3) is 2.80. The molecule has 0 fully saturated rings. The van der Waals surface area contributed by atoms with Crippen molar-refractivity contribution in [3.8, 4) is 0 Å². The van der Waals surface area contributed by atoms with Crippen molar-refractivity contribution < 1.29 is 9.21 Å². The monoisotopic (exact) mass is 355 g/mol. The highest BCUT2D eigenvalue weighted by Gasteiger charge is 2.42. The lowest BCUT2D eigenvalue weighted by Gasteiger charge is -2.45. The lowest BCUT2D eigenvalue weighted by Crippen LogP contribution is -2.38. The van der Waals surface area contributed by atoms with Gasteiger partial charge >= 0.3 is 0 Å². The summed E-state index contributed by atoms with van der Waals surface area (Å²) in [7, 11) is 0. The van der Waals surface area contributed by atoms with Crippen LogP contribution in [0.4, 0.5) is 0 Å². The molecule has 3 aliphatic carbocycles. The molecule has 6 rings (SSSR count). The largest absolute Gasteiger partial charge is 0.465 e. The number of amides is 1. The molecule has 1 aromatic heterocycles. The summed E-state index contributed by atoms with van der Waals surface area (Å²) in [5, 5.41) is 3.09. The molecule has 27 heavy (non-hydrogen) atoms. The van der Waals surface area contributed by atoms with Crippen molar-refractivity contribution in [3.05, 3.63) is 101 Å². The molecule has 0 saturated heterocycles. The van der Waals surface area contributed by atoms with Gasteiger partial charge in [-0.15, -0.1) is 0 Å². The Labute approximate surface area is 158 Å². The van der Waals surface area contributed by atoms with Crippen LogP contribution in [0.15, 0.2) is 77.4 Å². The second-order valence-electron chi connectivity index (χ2n) is 7.38. The van der Waals surface area contributed by atoms with Gasteiger partial charge in [0.1, 0.15) is 5.76 Å². The van der Waals surface area contributed by atoms with E-state index >= 15 is 0 Å². The van der Waals surface area contributed by atoms with Crippen LogP contribution in [0.25, 0.3) is 6.08 Å². The van der Waals surface area contributed by atoms with Gasteiger partial charge in [-0.3, -0.25) is 4.79 Å². The summed E-state index contributed by atoms with van der Waals surface area (Å²) in [6, 6.07) is 21.2. The van der Waals surface area contributed by atoms with Crippen molar-refractivity contribution in [1.82, 2.24) is 5.32 Å². The molecule has 0 radical (unpaired) electrons. The second kappa shape index (κ2) is 6.58. The van der Waals surface area contributed by atoms with Gasteiger partial charge in [0.05, 0.1) is 6.26 Å². The topological polar surface area (TPSA) is 42.2 Å². The van der Waals surface area contributed by atoms with E-state index in [-0.39, 0.29) is 5.91 Å². The lowest BCUT2D eigenvalue weighted by molar-refractivity contribution is -0.116. The molecule has 1 N–H and O–H groups in total. The fourth-order valence-electron chi connectivity index (χ4n) is 4.79. The Balaban J connectivity index is 1.37. The molecule has 3 aromatic rings. The molecular weight excluding hydrogens is 334 g/mol. The van der Waals surface area contributed by atoms with E-state index in [9.17, 15) is 4.79 Å². The van der Waals surface area contributed by atoms with Gasteiger partial charge < -0.3 is 9.73 Å². The Morgan fingerprint density at radius 2 is 1.63 bits per heavy atom. The molecule has 1 atom stereocenters. The number of hydrogen-bond donors (Lipinski definition) is 1. The van der Waals surface area contributed by atoms with Crippen molar-refractivity contribution in [2.75, 3.05) is 6.54 Å². The van der Waals surface area contributed by atoms with Crippen LogP contribution in [0.3, 0.4) is 0 Å². The average Bonchev–Trinajstić information content (AvgIpc) is 3.24. The van der Waals surface area contributed by atoms with Crippen LogP contribution >= 0.6 is 0 Å². The number of hydrogen-bond acceptors (Lipinski definition) is 2. The van der Waals surface area contributed by atoms with E-state index in [0.29, 0.717) is 30.1 Å². The van der Waals surface area contributed by atoms with E-state index in [2.05, 4.69) is 53.8 Å². The predicted octanol–water partition coefficient (Wildman–Crippen LogP) is 4.71. The maximum atomic E-state index is 12.2. The first kappa shape index (κ1) is 16.1. The maximum Gasteiger partial charge on any atom is 0.244 e. The number of nitrogens with one attached hydrogen (secondary N) is 1. The fraction of sp³-hybridized carbons (Fsp3) is 0.208. The normalized spacial score (nSPS) is 22.4. The summed E-state index contributed by atoms with van der Waals surface area (Å²) >= 11 is 0. The Morgan fingerprint density at radius 3 is 2.26 bits per heavy atom. The van der Waals surface area contributed by atoms with E-state index in [0.717, 1.165) is 6.42 Å². The molecule has 134 valence electrons. The van der Waals surface area contributed by atoms with E-state index in [1.165, 1.54) is 22.3 Å². The van der Waals surface area contributed by atoms with Crippen LogP contribution in [0.5, 0.6) is 0 Å². The summed E-state index contributed by atoms with van der Waals surface area (Å²) in [5.74, 6) is 1.82. The van der Waals surface area contributed by atoms with Crippen molar-refractivity contribution in [2.24, 2.45) is 5.92 Å². The highest BCUT2D eigenvalue weighted by Crippen LogP contribution is 2.55. The molecule has 1 amide bonds. The quantitative estimate of drug-likeness (QED) is 0.689. The summed E-state index contributed by atoms with van der Waals surface area (Å²) in [6.45, 7) is 0.686. The number of furan rings is 1. The third-order valence-corrected chi connectivity index (χ3v) is 5.90. The predicted molar refractivity (Wildman–Crippen MR) is 105 cm³/mol. The third-order valence-electron chi connectivity index (χ3n) is 5.90. The zero-order valence-corrected chi connectivity index (χ0v) is 15.0. The Morgan fingerprint density at radius 1 is 0.963 bits per heavy atom. The first-order chi connectivity index (χ1) is 13.3. The molecule has 3 heteroatoms. The summed E-state index contributed by atoms with van der Waals surface area (Å²) in [5.41, 5.74) is 5.78.